The van der Waals surface area contributed by atoms with Crippen LogP contribution in [0.4, 0.5) is 0 Å². The van der Waals surface area contributed by atoms with Crippen molar-refractivity contribution in [3.8, 4) is 5.75 Å². The van der Waals surface area contributed by atoms with Gasteiger partial charge in [0.05, 0.1) is 6.04 Å². The third-order valence-corrected chi connectivity index (χ3v) is 9.06. The van der Waals surface area contributed by atoms with E-state index >= 15 is 0 Å². The lowest BCUT2D eigenvalue weighted by atomic mass is 9.97. The van der Waals surface area contributed by atoms with Crippen LogP contribution in [0.25, 0.3) is 6.08 Å². The fraction of sp³-hybridized carbons (Fsp3) is 0.486. The second kappa shape index (κ2) is 15.7. The monoisotopic (exact) mass is 617 g/mol. The van der Waals surface area contributed by atoms with Crippen molar-refractivity contribution < 1.29 is 23.9 Å². The Kier molecular flexibility index (Phi) is 11.8. The lowest BCUT2D eigenvalue weighted by Gasteiger charge is -2.33. The minimum absolute atomic E-state index is 0.0438. The van der Waals surface area contributed by atoms with Gasteiger partial charge in [-0.3, -0.25) is 19.2 Å². The van der Waals surface area contributed by atoms with Gasteiger partial charge in [-0.2, -0.15) is 0 Å². The number of benzene rings is 2. The van der Waals surface area contributed by atoms with Gasteiger partial charge in [0.2, 0.25) is 23.6 Å². The first-order valence-electron chi connectivity index (χ1n) is 16.0. The molecular formula is C35H47N5O5. The molecule has 4 N–H and O–H groups in total. The Hall–Kier alpha value is -4.18. The summed E-state index contributed by atoms with van der Waals surface area (Å²) in [4.78, 5) is 56.8. The van der Waals surface area contributed by atoms with Crippen molar-refractivity contribution in [3.63, 3.8) is 0 Å². The van der Waals surface area contributed by atoms with E-state index in [0.717, 1.165) is 17.5 Å². The van der Waals surface area contributed by atoms with Crippen molar-refractivity contribution in [1.29, 1.82) is 0 Å². The molecule has 5 rings (SSSR count). The first kappa shape index (κ1) is 33.7. The van der Waals surface area contributed by atoms with E-state index in [9.17, 15) is 19.2 Å². The third-order valence-electron chi connectivity index (χ3n) is 9.06. The van der Waals surface area contributed by atoms with E-state index in [-0.39, 0.29) is 42.5 Å². The van der Waals surface area contributed by atoms with E-state index in [2.05, 4.69) is 21.3 Å². The molecule has 0 saturated carbocycles. The van der Waals surface area contributed by atoms with Crippen LogP contribution >= 0.6 is 0 Å². The average molecular weight is 618 g/mol. The van der Waals surface area contributed by atoms with Gasteiger partial charge in [0.25, 0.3) is 0 Å². The summed E-state index contributed by atoms with van der Waals surface area (Å²) in [5.74, 6) is -1.00. The third kappa shape index (κ3) is 8.30. The highest BCUT2D eigenvalue weighted by Gasteiger charge is 2.46. The predicted molar refractivity (Wildman–Crippen MR) is 174 cm³/mol. The molecule has 1 fully saturated rings. The number of nitrogens with zero attached hydrogens (tertiary/aromatic N) is 1. The van der Waals surface area contributed by atoms with E-state index in [1.807, 2.05) is 70.2 Å². The molecule has 3 aliphatic rings. The first-order chi connectivity index (χ1) is 21.7. The van der Waals surface area contributed by atoms with Gasteiger partial charge in [-0.25, -0.2) is 0 Å². The summed E-state index contributed by atoms with van der Waals surface area (Å²) in [7, 11) is 1.73. The number of hydrogen-bond acceptors (Lipinski definition) is 6. The normalized spacial score (nSPS) is 23.3. The van der Waals surface area contributed by atoms with E-state index in [4.69, 9.17) is 4.74 Å². The summed E-state index contributed by atoms with van der Waals surface area (Å²) < 4.78 is 6.34. The lowest BCUT2D eigenvalue weighted by Crippen LogP contribution is -2.61. The second-order valence-corrected chi connectivity index (χ2v) is 12.1. The zero-order valence-corrected chi connectivity index (χ0v) is 26.9. The predicted octanol–water partition coefficient (Wildman–Crippen LogP) is 3.03. The lowest BCUT2D eigenvalue weighted by molar-refractivity contribution is -0.144. The van der Waals surface area contributed by atoms with Crippen LogP contribution in [0, 0.1) is 11.8 Å². The zero-order chi connectivity index (χ0) is 32.5. The molecule has 10 heteroatoms. The standard InChI is InChI=1S/C35H47N5O5/c1-6-22(3)29(36-5)33(42)38-27(21-25-11-9-8-10-12-25)35(44)40-20-18-28-31(40)34(43)39-30(23(4)7-2)32(41)37-19-17-24-13-15-26(45-28)16-14-24/h8-17,19,22-23,27-31,36H,6-7,18,20-21H2,1-5H3,(H,37,41)(H,38,42)(H,39,43)/b19-17+/t22?,23?,27?,28-,29?,30-,31?/m0/s1. The van der Waals surface area contributed by atoms with Crippen molar-refractivity contribution in [2.45, 2.75) is 83.6 Å². The second-order valence-electron chi connectivity index (χ2n) is 12.1. The number of amides is 4. The average Bonchev–Trinajstić information content (AvgIpc) is 3.47. The molecule has 3 heterocycles. The van der Waals surface area contributed by atoms with E-state index in [1.165, 1.54) is 4.90 Å². The highest BCUT2D eigenvalue weighted by atomic mass is 16.5. The molecule has 2 bridgehead atoms. The summed E-state index contributed by atoms with van der Waals surface area (Å²) in [6, 6.07) is 13.6. The van der Waals surface area contributed by atoms with E-state index < -0.39 is 36.2 Å². The van der Waals surface area contributed by atoms with Crippen molar-refractivity contribution in [1.82, 2.24) is 26.2 Å². The molecule has 2 aromatic rings. The number of nitrogens with one attached hydrogen (secondary N) is 4. The van der Waals surface area contributed by atoms with Crippen molar-refractivity contribution in [3.05, 3.63) is 71.9 Å². The molecule has 3 aliphatic heterocycles. The van der Waals surface area contributed by atoms with Gasteiger partial charge < -0.3 is 30.9 Å². The van der Waals surface area contributed by atoms with E-state index in [1.54, 1.807) is 31.5 Å². The number of carbonyl (C=O) groups is 4. The Morgan fingerprint density at radius 2 is 1.71 bits per heavy atom. The van der Waals surface area contributed by atoms with Crippen LogP contribution in [0.2, 0.25) is 0 Å². The topological polar surface area (TPSA) is 129 Å². The van der Waals surface area contributed by atoms with Crippen molar-refractivity contribution in [2.75, 3.05) is 13.6 Å². The Balaban J connectivity index is 1.69. The molecule has 45 heavy (non-hydrogen) atoms. The molecule has 0 aliphatic carbocycles. The van der Waals surface area contributed by atoms with Crippen molar-refractivity contribution >= 4 is 29.7 Å². The maximum absolute atomic E-state index is 14.4. The van der Waals surface area contributed by atoms with Gasteiger partial charge in [-0.1, -0.05) is 83.0 Å². The highest BCUT2D eigenvalue weighted by molar-refractivity contribution is 5.96. The smallest absolute Gasteiger partial charge is 0.247 e. The van der Waals surface area contributed by atoms with Crippen LogP contribution < -0.4 is 26.0 Å². The largest absolute Gasteiger partial charge is 0.488 e. The Morgan fingerprint density at radius 1 is 1.00 bits per heavy atom. The molecule has 5 unspecified atom stereocenters. The molecule has 7 atom stereocenters. The van der Waals surface area contributed by atoms with Crippen molar-refractivity contribution in [2.24, 2.45) is 11.8 Å². The van der Waals surface area contributed by atoms with Gasteiger partial charge >= 0.3 is 0 Å². The fourth-order valence-corrected chi connectivity index (χ4v) is 5.95. The number of carbonyl (C=O) groups excluding carboxylic acids is 4. The van der Waals surface area contributed by atoms with E-state index in [0.29, 0.717) is 18.6 Å². The molecule has 0 aromatic heterocycles. The quantitative estimate of drug-likeness (QED) is 0.325. The SMILES string of the molecule is CCC(C)C(NC)C(=O)NC(Cc1ccccc1)C(=O)N1CC[C@@H]2Oc3ccc(cc3)/C=C/NC(=O)[C@H](C(C)CC)NC(=O)C21. The van der Waals surface area contributed by atoms with Gasteiger partial charge in [-0.05, 0) is 48.2 Å². The highest BCUT2D eigenvalue weighted by Crippen LogP contribution is 2.27. The maximum Gasteiger partial charge on any atom is 0.247 e. The number of likely N-dealkylation sites (tertiary alicyclic amines) is 1. The Labute approximate surface area is 266 Å². The molecule has 1 saturated heterocycles. The number of rotatable bonds is 10. The summed E-state index contributed by atoms with van der Waals surface area (Å²) in [6.45, 7) is 8.12. The summed E-state index contributed by atoms with van der Waals surface area (Å²) >= 11 is 0. The van der Waals surface area contributed by atoms with Crippen LogP contribution in [-0.4, -0.2) is 72.4 Å². The molecule has 4 amide bonds. The number of likely N-dealkylation sites (N-methyl/N-ethyl adjacent to an activating group) is 1. The number of ether oxygens (including phenoxy) is 1. The molecule has 10 nitrogen and oxygen atoms in total. The van der Waals surface area contributed by atoms with Gasteiger partial charge in [-0.15, -0.1) is 0 Å². The number of fused-ring (bicyclic) bond motifs is 7. The minimum Gasteiger partial charge on any atom is -0.488 e. The van der Waals surface area contributed by atoms with Gasteiger partial charge in [0.1, 0.15) is 30.0 Å². The molecule has 0 spiro atoms. The summed E-state index contributed by atoms with van der Waals surface area (Å²) in [6.07, 6.45) is 4.79. The Morgan fingerprint density at radius 3 is 2.36 bits per heavy atom. The Bertz CT molecular complexity index is 1350. The van der Waals surface area contributed by atoms with Crippen LogP contribution in [0.3, 0.4) is 0 Å². The number of hydrogen-bond donors (Lipinski definition) is 4. The fourth-order valence-electron chi connectivity index (χ4n) is 5.95. The summed E-state index contributed by atoms with van der Waals surface area (Å²) in [5.41, 5.74) is 1.75. The maximum atomic E-state index is 14.4. The van der Waals surface area contributed by atoms with Crippen LogP contribution in [0.5, 0.6) is 5.75 Å². The zero-order valence-electron chi connectivity index (χ0n) is 26.9. The van der Waals surface area contributed by atoms with Crippen LogP contribution in [0.1, 0.15) is 58.1 Å². The summed E-state index contributed by atoms with van der Waals surface area (Å²) in [5, 5.41) is 11.8. The first-order valence-corrected chi connectivity index (χ1v) is 16.0. The molecular weight excluding hydrogens is 570 g/mol. The molecule has 0 radical (unpaired) electrons. The van der Waals surface area contributed by atoms with Gasteiger partial charge in [0.15, 0.2) is 0 Å². The minimum atomic E-state index is -1.01. The molecule has 242 valence electrons. The molecule has 2 aromatic carbocycles. The van der Waals surface area contributed by atoms with Gasteiger partial charge in [0, 0.05) is 25.6 Å². The van der Waals surface area contributed by atoms with Crippen LogP contribution in [-0.2, 0) is 25.6 Å². The van der Waals surface area contributed by atoms with Crippen LogP contribution in [0.15, 0.2) is 60.8 Å².